The third-order valence-electron chi connectivity index (χ3n) is 6.23. The first kappa shape index (κ1) is 27.7. The van der Waals surface area contributed by atoms with Crippen LogP contribution >= 0.6 is 0 Å². The average molecular weight is 542 g/mol. The van der Waals surface area contributed by atoms with Crippen molar-refractivity contribution in [1.82, 2.24) is 4.98 Å². The van der Waals surface area contributed by atoms with Gasteiger partial charge in [-0.05, 0) is 53.3 Å². The van der Waals surface area contributed by atoms with Gasteiger partial charge in [0.1, 0.15) is 5.82 Å². The number of rotatable bonds is 12. The third kappa shape index (κ3) is 7.59. The molecule has 0 fully saturated rings. The number of aromatic nitrogens is 2. The predicted molar refractivity (Wildman–Crippen MR) is 138 cm³/mol. The number of nitrogens with one attached hydrogen (secondary N) is 1. The molecule has 0 aliphatic carbocycles. The van der Waals surface area contributed by atoms with Crippen molar-refractivity contribution in [3.05, 3.63) is 119 Å². The quantitative estimate of drug-likeness (QED) is 0.121. The molecule has 2 atom stereocenters. The van der Waals surface area contributed by atoms with Crippen molar-refractivity contribution in [3.8, 4) is 11.5 Å². The monoisotopic (exact) mass is 541 g/mol. The highest BCUT2D eigenvalue weighted by Crippen LogP contribution is 2.37. The molecule has 4 rings (SSSR count). The van der Waals surface area contributed by atoms with Gasteiger partial charge in [0.25, 0.3) is 0 Å². The topological polar surface area (TPSA) is 70.3 Å². The standard InChI is InChI=1S/C29H27F4N3O3/c1-2-24(20-6-4-3-5-7-20)35-27-11-9-22(18-34-27)23(16-19-12-14-36(37)15-13-19)21-8-10-25(38-28(30)31)26(17-21)39-29(32)33/h3-15,17-18,23-24,28-29H,2,16H2,1H3,(H,34,35). The molecule has 2 aromatic heterocycles. The van der Waals surface area contributed by atoms with Crippen LogP contribution in [0.4, 0.5) is 23.4 Å². The fourth-order valence-electron chi connectivity index (χ4n) is 4.35. The van der Waals surface area contributed by atoms with Gasteiger partial charge in [-0.25, -0.2) is 4.98 Å². The van der Waals surface area contributed by atoms with Crippen LogP contribution in [0.15, 0.2) is 91.4 Å². The molecule has 0 aliphatic heterocycles. The summed E-state index contributed by atoms with van der Waals surface area (Å²) >= 11 is 0. The molecule has 0 amide bonds. The fraction of sp³-hybridized carbons (Fsp3) is 0.241. The lowest BCUT2D eigenvalue weighted by Crippen LogP contribution is -2.24. The van der Waals surface area contributed by atoms with Crippen LogP contribution in [0.25, 0.3) is 0 Å². The minimum absolute atomic E-state index is 0.0554. The maximum atomic E-state index is 13.1. The zero-order valence-corrected chi connectivity index (χ0v) is 21.0. The first-order valence-electron chi connectivity index (χ1n) is 12.3. The molecular formula is C29H27F4N3O3. The Hall–Kier alpha value is -4.34. The Morgan fingerprint density at radius 2 is 1.49 bits per heavy atom. The van der Waals surface area contributed by atoms with Gasteiger partial charge in [-0.2, -0.15) is 22.3 Å². The summed E-state index contributed by atoms with van der Waals surface area (Å²) in [6.07, 6.45) is 5.61. The fourth-order valence-corrected chi connectivity index (χ4v) is 4.35. The van der Waals surface area contributed by atoms with Crippen molar-refractivity contribution in [1.29, 1.82) is 0 Å². The lowest BCUT2D eigenvalue weighted by atomic mass is 9.86. The Kier molecular flexibility index (Phi) is 9.19. The minimum atomic E-state index is -3.23. The summed E-state index contributed by atoms with van der Waals surface area (Å²) in [5.74, 6) is -0.768. The number of pyridine rings is 2. The van der Waals surface area contributed by atoms with E-state index in [0.29, 0.717) is 22.5 Å². The molecule has 1 N–H and O–H groups in total. The maximum absolute atomic E-state index is 13.1. The van der Waals surface area contributed by atoms with E-state index in [9.17, 15) is 22.8 Å². The number of hydrogen-bond acceptors (Lipinski definition) is 5. The van der Waals surface area contributed by atoms with Crippen LogP contribution in [-0.2, 0) is 6.42 Å². The minimum Gasteiger partial charge on any atom is -0.619 e. The molecule has 0 bridgehead atoms. The molecule has 2 aromatic carbocycles. The molecule has 0 aliphatic rings. The summed E-state index contributed by atoms with van der Waals surface area (Å²) in [7, 11) is 0. The first-order valence-corrected chi connectivity index (χ1v) is 12.3. The van der Waals surface area contributed by atoms with Crippen LogP contribution in [0.2, 0.25) is 0 Å². The Morgan fingerprint density at radius 3 is 2.10 bits per heavy atom. The smallest absolute Gasteiger partial charge is 0.387 e. The van der Waals surface area contributed by atoms with E-state index in [1.807, 2.05) is 42.5 Å². The second kappa shape index (κ2) is 12.9. The molecule has 0 spiro atoms. The van der Waals surface area contributed by atoms with E-state index in [-0.39, 0.29) is 6.04 Å². The van der Waals surface area contributed by atoms with Crippen LogP contribution in [-0.4, -0.2) is 18.2 Å². The van der Waals surface area contributed by atoms with Crippen LogP contribution in [0.3, 0.4) is 0 Å². The van der Waals surface area contributed by atoms with Gasteiger partial charge in [-0.3, -0.25) is 0 Å². The van der Waals surface area contributed by atoms with Gasteiger partial charge < -0.3 is 20.0 Å². The largest absolute Gasteiger partial charge is 0.619 e. The number of benzene rings is 2. The highest BCUT2D eigenvalue weighted by molar-refractivity contribution is 5.48. The Balaban J connectivity index is 1.66. The number of hydrogen-bond donors (Lipinski definition) is 1. The lowest BCUT2D eigenvalue weighted by Gasteiger charge is -2.21. The molecule has 2 heterocycles. The third-order valence-corrected chi connectivity index (χ3v) is 6.23. The number of ether oxygens (including phenoxy) is 2. The van der Waals surface area contributed by atoms with Gasteiger partial charge in [0.15, 0.2) is 23.9 Å². The molecular weight excluding hydrogens is 514 g/mol. The molecule has 2 unspecified atom stereocenters. The van der Waals surface area contributed by atoms with E-state index < -0.39 is 30.6 Å². The van der Waals surface area contributed by atoms with E-state index in [2.05, 4.69) is 26.7 Å². The predicted octanol–water partition coefficient (Wildman–Crippen LogP) is 6.86. The zero-order valence-electron chi connectivity index (χ0n) is 21.0. The number of alkyl halides is 4. The second-order valence-corrected chi connectivity index (χ2v) is 8.78. The molecule has 0 saturated carbocycles. The molecule has 204 valence electrons. The van der Waals surface area contributed by atoms with E-state index in [1.165, 1.54) is 30.6 Å². The van der Waals surface area contributed by atoms with Crippen molar-refractivity contribution >= 4 is 5.82 Å². The van der Waals surface area contributed by atoms with Gasteiger partial charge in [-0.1, -0.05) is 49.4 Å². The van der Waals surface area contributed by atoms with E-state index >= 15 is 0 Å². The SMILES string of the molecule is CCC(Nc1ccc(C(Cc2cc[n+]([O-])cc2)c2ccc(OC(F)F)c(OC(F)F)c2)cn1)c1ccccc1. The number of nitrogens with zero attached hydrogens (tertiary/aromatic N) is 2. The van der Waals surface area contributed by atoms with E-state index in [0.717, 1.165) is 23.1 Å². The average Bonchev–Trinajstić information content (AvgIpc) is 2.93. The zero-order chi connectivity index (χ0) is 27.8. The van der Waals surface area contributed by atoms with Crippen LogP contribution in [0.1, 0.15) is 47.6 Å². The van der Waals surface area contributed by atoms with Crippen LogP contribution < -0.4 is 19.5 Å². The van der Waals surface area contributed by atoms with Crippen molar-refractivity contribution in [2.45, 2.75) is 44.9 Å². The molecule has 4 aromatic rings. The molecule has 39 heavy (non-hydrogen) atoms. The maximum Gasteiger partial charge on any atom is 0.387 e. The lowest BCUT2D eigenvalue weighted by molar-refractivity contribution is -0.605. The van der Waals surface area contributed by atoms with E-state index in [1.54, 1.807) is 18.3 Å². The van der Waals surface area contributed by atoms with Crippen molar-refractivity contribution < 1.29 is 31.8 Å². The summed E-state index contributed by atoms with van der Waals surface area (Å²) in [6.45, 7) is -4.37. The first-order chi connectivity index (χ1) is 18.8. The second-order valence-electron chi connectivity index (χ2n) is 8.78. The summed E-state index contributed by atoms with van der Waals surface area (Å²) in [5, 5.41) is 14.9. The van der Waals surface area contributed by atoms with Gasteiger partial charge in [0, 0.05) is 24.2 Å². The summed E-state index contributed by atoms with van der Waals surface area (Å²) in [5.41, 5.74) is 3.19. The number of halogens is 4. The van der Waals surface area contributed by atoms with Crippen LogP contribution in [0, 0.1) is 5.21 Å². The Morgan fingerprint density at radius 1 is 0.821 bits per heavy atom. The summed E-state index contributed by atoms with van der Waals surface area (Å²) in [6, 6.07) is 21.0. The van der Waals surface area contributed by atoms with Crippen molar-refractivity contribution in [3.63, 3.8) is 0 Å². The van der Waals surface area contributed by atoms with Crippen molar-refractivity contribution in [2.24, 2.45) is 0 Å². The molecule has 6 nitrogen and oxygen atoms in total. The van der Waals surface area contributed by atoms with Gasteiger partial charge in [0.05, 0.1) is 6.04 Å². The highest BCUT2D eigenvalue weighted by Gasteiger charge is 2.22. The van der Waals surface area contributed by atoms with E-state index in [4.69, 9.17) is 0 Å². The Labute approximate surface area is 223 Å². The van der Waals surface area contributed by atoms with Gasteiger partial charge >= 0.3 is 13.2 Å². The highest BCUT2D eigenvalue weighted by atomic mass is 19.3. The molecule has 10 heteroatoms. The van der Waals surface area contributed by atoms with Gasteiger partial charge in [0.2, 0.25) is 0 Å². The van der Waals surface area contributed by atoms with Crippen molar-refractivity contribution in [2.75, 3.05) is 5.32 Å². The molecule has 0 saturated heterocycles. The Bertz CT molecular complexity index is 1320. The van der Waals surface area contributed by atoms with Crippen LogP contribution in [0.5, 0.6) is 11.5 Å². The summed E-state index contributed by atoms with van der Waals surface area (Å²) < 4.78 is 61.3. The van der Waals surface area contributed by atoms with Gasteiger partial charge in [-0.15, -0.1) is 0 Å². The normalized spacial score (nSPS) is 12.8. The summed E-state index contributed by atoms with van der Waals surface area (Å²) in [4.78, 5) is 4.58. The molecule has 0 radical (unpaired) electrons. The number of anilines is 1.